The molecule has 2 N–H and O–H groups in total. The lowest BCUT2D eigenvalue weighted by Crippen LogP contribution is -2.54. The van der Waals surface area contributed by atoms with Crippen LogP contribution in [0.25, 0.3) is 0 Å². The second-order valence-corrected chi connectivity index (χ2v) is 8.36. The van der Waals surface area contributed by atoms with E-state index < -0.39 is 11.6 Å². The highest BCUT2D eigenvalue weighted by Gasteiger charge is 2.48. The second kappa shape index (κ2) is 7.71. The Balaban J connectivity index is 1.53. The molecule has 2 fully saturated rings. The van der Waals surface area contributed by atoms with Gasteiger partial charge in [-0.3, -0.25) is 14.9 Å². The van der Waals surface area contributed by atoms with Crippen molar-refractivity contribution in [1.82, 2.24) is 15.5 Å². The van der Waals surface area contributed by atoms with Crippen molar-refractivity contribution in [3.8, 4) is 0 Å². The summed E-state index contributed by atoms with van der Waals surface area (Å²) in [6.07, 6.45) is 2.87. The van der Waals surface area contributed by atoms with E-state index in [2.05, 4.69) is 36.6 Å². The van der Waals surface area contributed by atoms with Gasteiger partial charge in [0.15, 0.2) is 0 Å². The number of hydrogen-bond acceptors (Lipinski definition) is 3. The molecule has 2 heterocycles. The van der Waals surface area contributed by atoms with Crippen LogP contribution in [-0.2, 0) is 22.4 Å². The normalized spacial score (nSPS) is 23.5. The van der Waals surface area contributed by atoms with Crippen molar-refractivity contribution in [2.45, 2.75) is 52.0 Å². The number of benzene rings is 1. The number of piperidine rings is 1. The average Bonchev–Trinajstić information content (AvgIpc) is 2.89. The quantitative estimate of drug-likeness (QED) is 0.780. The number of urea groups is 1. The highest BCUT2D eigenvalue weighted by Crippen LogP contribution is 2.30. The third kappa shape index (κ3) is 4.31. The van der Waals surface area contributed by atoms with Gasteiger partial charge in [0.2, 0.25) is 5.91 Å². The van der Waals surface area contributed by atoms with Crippen LogP contribution in [0.15, 0.2) is 24.3 Å². The van der Waals surface area contributed by atoms with Crippen LogP contribution in [-0.4, -0.2) is 41.4 Å². The summed E-state index contributed by atoms with van der Waals surface area (Å²) >= 11 is 0. The van der Waals surface area contributed by atoms with E-state index in [-0.39, 0.29) is 17.7 Å². The van der Waals surface area contributed by atoms with Gasteiger partial charge in [-0.2, -0.15) is 0 Å². The first kappa shape index (κ1) is 19.4. The lowest BCUT2D eigenvalue weighted by Gasteiger charge is -2.38. The monoisotopic (exact) mass is 371 g/mol. The van der Waals surface area contributed by atoms with Gasteiger partial charge in [0.25, 0.3) is 5.91 Å². The Hall–Kier alpha value is -2.37. The van der Waals surface area contributed by atoms with Gasteiger partial charge in [-0.05, 0) is 49.1 Å². The van der Waals surface area contributed by atoms with Crippen molar-refractivity contribution in [2.24, 2.45) is 11.8 Å². The summed E-state index contributed by atoms with van der Waals surface area (Å²) in [4.78, 5) is 38.0. The van der Waals surface area contributed by atoms with Crippen LogP contribution in [0, 0.1) is 11.8 Å². The molecular formula is C21H29N3O3. The average molecular weight is 371 g/mol. The van der Waals surface area contributed by atoms with Crippen LogP contribution in [0.1, 0.15) is 44.7 Å². The maximum Gasteiger partial charge on any atom is 0.322 e. The summed E-state index contributed by atoms with van der Waals surface area (Å²) in [5.41, 5.74) is 1.47. The van der Waals surface area contributed by atoms with E-state index in [9.17, 15) is 14.4 Å². The van der Waals surface area contributed by atoms with E-state index in [4.69, 9.17) is 0 Å². The van der Waals surface area contributed by atoms with E-state index in [1.54, 1.807) is 6.92 Å². The molecule has 1 atom stereocenters. The van der Waals surface area contributed by atoms with Gasteiger partial charge < -0.3 is 10.2 Å². The zero-order valence-electron chi connectivity index (χ0n) is 16.4. The number of imide groups is 1. The Bertz CT molecular complexity index is 721. The molecule has 0 unspecified atom stereocenters. The molecule has 6 heteroatoms. The van der Waals surface area contributed by atoms with Crippen LogP contribution in [0.4, 0.5) is 4.79 Å². The minimum Gasteiger partial charge on any atom is -0.342 e. The first-order valence-electron chi connectivity index (χ1n) is 9.77. The first-order chi connectivity index (χ1) is 12.8. The van der Waals surface area contributed by atoms with Crippen molar-refractivity contribution in [2.75, 3.05) is 13.1 Å². The van der Waals surface area contributed by atoms with E-state index in [0.717, 1.165) is 12.0 Å². The molecule has 27 heavy (non-hydrogen) atoms. The zero-order chi connectivity index (χ0) is 19.6. The molecule has 2 aliphatic heterocycles. The van der Waals surface area contributed by atoms with Crippen LogP contribution in [0.3, 0.4) is 0 Å². The molecule has 0 aromatic heterocycles. The Morgan fingerprint density at radius 2 is 1.74 bits per heavy atom. The van der Waals surface area contributed by atoms with Crippen molar-refractivity contribution in [3.63, 3.8) is 0 Å². The molecule has 0 radical (unpaired) electrons. The molecule has 2 saturated heterocycles. The molecule has 0 aliphatic carbocycles. The smallest absolute Gasteiger partial charge is 0.322 e. The largest absolute Gasteiger partial charge is 0.342 e. The topological polar surface area (TPSA) is 78.5 Å². The number of nitrogens with zero attached hydrogens (tertiary/aromatic N) is 1. The van der Waals surface area contributed by atoms with Gasteiger partial charge in [-0.25, -0.2) is 4.79 Å². The number of hydrogen-bond donors (Lipinski definition) is 2. The van der Waals surface area contributed by atoms with Crippen LogP contribution < -0.4 is 10.6 Å². The van der Waals surface area contributed by atoms with Crippen LogP contribution in [0.5, 0.6) is 0 Å². The molecule has 0 saturated carbocycles. The van der Waals surface area contributed by atoms with Gasteiger partial charge in [0, 0.05) is 13.1 Å². The third-order valence-corrected chi connectivity index (χ3v) is 5.76. The second-order valence-electron chi connectivity index (χ2n) is 8.36. The number of rotatable bonds is 5. The van der Waals surface area contributed by atoms with Crippen molar-refractivity contribution >= 4 is 17.8 Å². The Morgan fingerprint density at radius 1 is 1.15 bits per heavy atom. The molecule has 6 nitrogen and oxygen atoms in total. The van der Waals surface area contributed by atoms with Crippen molar-refractivity contribution < 1.29 is 14.4 Å². The van der Waals surface area contributed by atoms with Crippen LogP contribution in [0.2, 0.25) is 0 Å². The van der Waals surface area contributed by atoms with Gasteiger partial charge in [-0.1, -0.05) is 38.1 Å². The maximum absolute atomic E-state index is 12.6. The van der Waals surface area contributed by atoms with Gasteiger partial charge >= 0.3 is 6.03 Å². The molecule has 3 rings (SSSR count). The molecule has 4 amide bonds. The SMILES string of the molecule is CC(C)Cc1ccc(CC(=O)N2CCC([C@@]3(C)NC(=O)NC3=O)CC2)cc1. The van der Waals surface area contributed by atoms with Crippen molar-refractivity contribution in [3.05, 3.63) is 35.4 Å². The number of carbonyl (C=O) groups excluding carboxylic acids is 3. The lowest BCUT2D eigenvalue weighted by molar-refractivity contribution is -0.132. The van der Waals surface area contributed by atoms with Gasteiger partial charge in [-0.15, -0.1) is 0 Å². The minimum absolute atomic E-state index is 0.0447. The highest BCUT2D eigenvalue weighted by molar-refractivity contribution is 6.07. The van der Waals surface area contributed by atoms with E-state index in [1.165, 1.54) is 5.56 Å². The number of carbonyl (C=O) groups is 3. The lowest BCUT2D eigenvalue weighted by atomic mass is 9.79. The standard InChI is InChI=1S/C21H29N3O3/c1-14(2)12-15-4-6-16(7-5-15)13-18(25)24-10-8-17(9-11-24)21(3)19(26)22-20(27)23-21/h4-7,14,17H,8-13H2,1-3H3,(H2,22,23,26,27)/t21-/m1/s1. The molecule has 1 aromatic rings. The highest BCUT2D eigenvalue weighted by atomic mass is 16.2. The number of amides is 4. The molecule has 146 valence electrons. The Morgan fingerprint density at radius 3 is 2.26 bits per heavy atom. The summed E-state index contributed by atoms with van der Waals surface area (Å²) < 4.78 is 0. The summed E-state index contributed by atoms with van der Waals surface area (Å²) in [7, 11) is 0. The Labute approximate surface area is 160 Å². The fraction of sp³-hybridized carbons (Fsp3) is 0.571. The van der Waals surface area contributed by atoms with Gasteiger partial charge in [0.05, 0.1) is 6.42 Å². The van der Waals surface area contributed by atoms with E-state index >= 15 is 0 Å². The minimum atomic E-state index is -0.863. The van der Waals surface area contributed by atoms with E-state index in [0.29, 0.717) is 38.3 Å². The van der Waals surface area contributed by atoms with E-state index in [1.807, 2.05) is 17.0 Å². The summed E-state index contributed by atoms with van der Waals surface area (Å²) in [5, 5.41) is 5.07. The number of likely N-dealkylation sites (tertiary alicyclic amines) is 1. The molecular weight excluding hydrogens is 342 g/mol. The summed E-state index contributed by atoms with van der Waals surface area (Å²) in [6, 6.07) is 7.87. The molecule has 0 spiro atoms. The zero-order valence-corrected chi connectivity index (χ0v) is 16.4. The fourth-order valence-electron chi connectivity index (χ4n) is 4.10. The molecule has 1 aromatic carbocycles. The first-order valence-corrected chi connectivity index (χ1v) is 9.77. The predicted molar refractivity (Wildman–Crippen MR) is 103 cm³/mol. The fourth-order valence-corrected chi connectivity index (χ4v) is 4.10. The molecule has 2 aliphatic rings. The Kier molecular flexibility index (Phi) is 5.53. The van der Waals surface area contributed by atoms with Crippen molar-refractivity contribution in [1.29, 1.82) is 0 Å². The maximum atomic E-state index is 12.6. The molecule has 0 bridgehead atoms. The third-order valence-electron chi connectivity index (χ3n) is 5.76. The van der Waals surface area contributed by atoms with Gasteiger partial charge in [0.1, 0.15) is 5.54 Å². The van der Waals surface area contributed by atoms with Crippen LogP contribution >= 0.6 is 0 Å². The summed E-state index contributed by atoms with van der Waals surface area (Å²) in [5.74, 6) is 0.518. The summed E-state index contributed by atoms with van der Waals surface area (Å²) in [6.45, 7) is 7.40. The number of nitrogens with one attached hydrogen (secondary N) is 2. The predicted octanol–water partition coefficient (Wildman–Crippen LogP) is 2.26.